The van der Waals surface area contributed by atoms with Gasteiger partial charge in [-0.2, -0.15) is 23.7 Å². The van der Waals surface area contributed by atoms with Crippen LogP contribution < -0.4 is 0 Å². The molecule has 0 spiro atoms. The van der Waals surface area contributed by atoms with Crippen LogP contribution in [-0.2, 0) is 6.18 Å². The predicted octanol–water partition coefficient (Wildman–Crippen LogP) is 5.51. The van der Waals surface area contributed by atoms with Gasteiger partial charge < -0.3 is 0 Å². The molecule has 0 saturated carbocycles. The first-order valence-corrected chi connectivity index (χ1v) is 7.72. The van der Waals surface area contributed by atoms with E-state index in [1.165, 1.54) is 12.1 Å². The molecule has 1 aliphatic carbocycles. The summed E-state index contributed by atoms with van der Waals surface area (Å²) in [5, 5.41) is 19.3. The Morgan fingerprint density at radius 1 is 0.917 bits per heavy atom. The average molecular weight is 330 g/mol. The van der Waals surface area contributed by atoms with Crippen LogP contribution in [0.25, 0.3) is 0 Å². The van der Waals surface area contributed by atoms with E-state index in [0.717, 1.165) is 25.0 Å². The van der Waals surface area contributed by atoms with Crippen LogP contribution in [0.1, 0.15) is 42.7 Å². The van der Waals surface area contributed by atoms with Gasteiger partial charge in [0.15, 0.2) is 5.41 Å². The lowest BCUT2D eigenvalue weighted by atomic mass is 9.70. The quantitative estimate of drug-likeness (QED) is 0.637. The molecule has 0 bridgehead atoms. The fourth-order valence-electron chi connectivity index (χ4n) is 2.87. The Kier molecular flexibility index (Phi) is 5.46. The second-order valence-corrected chi connectivity index (χ2v) is 5.83. The zero-order valence-electron chi connectivity index (χ0n) is 13.1. The second kappa shape index (κ2) is 7.36. The summed E-state index contributed by atoms with van der Waals surface area (Å²) < 4.78 is 38.2. The number of nitriles is 2. The minimum Gasteiger partial charge on any atom is -0.197 e. The van der Waals surface area contributed by atoms with Crippen LogP contribution in [0.5, 0.6) is 0 Å². The lowest BCUT2D eigenvalue weighted by Gasteiger charge is -2.28. The Morgan fingerprint density at radius 2 is 1.50 bits per heavy atom. The summed E-state index contributed by atoms with van der Waals surface area (Å²) in [6.07, 6.45) is 5.65. The third kappa shape index (κ3) is 3.86. The highest BCUT2D eigenvalue weighted by Crippen LogP contribution is 2.42. The molecular formula is C19H17F3N2. The molecule has 124 valence electrons. The van der Waals surface area contributed by atoms with Gasteiger partial charge in [0, 0.05) is 5.92 Å². The molecule has 2 nitrogen and oxygen atoms in total. The fourth-order valence-corrected chi connectivity index (χ4v) is 2.87. The van der Waals surface area contributed by atoms with E-state index in [4.69, 9.17) is 0 Å². The maximum absolute atomic E-state index is 12.7. The number of nitrogens with zero attached hydrogens (tertiary/aromatic N) is 2. The molecule has 5 heteroatoms. The van der Waals surface area contributed by atoms with Crippen molar-refractivity contribution in [3.63, 3.8) is 0 Å². The topological polar surface area (TPSA) is 47.6 Å². The lowest BCUT2D eigenvalue weighted by Crippen LogP contribution is -2.25. The van der Waals surface area contributed by atoms with E-state index >= 15 is 0 Å². The predicted molar refractivity (Wildman–Crippen MR) is 84.6 cm³/mol. The molecule has 0 heterocycles. The summed E-state index contributed by atoms with van der Waals surface area (Å²) in [4.78, 5) is 0. The van der Waals surface area contributed by atoms with E-state index in [1.54, 1.807) is 0 Å². The van der Waals surface area contributed by atoms with Gasteiger partial charge in [-0.25, -0.2) is 0 Å². The van der Waals surface area contributed by atoms with Crippen LogP contribution in [-0.4, -0.2) is 0 Å². The molecule has 2 rings (SSSR count). The fraction of sp³-hybridized carbons (Fsp3) is 0.368. The molecule has 1 unspecified atom stereocenters. The van der Waals surface area contributed by atoms with Crippen molar-refractivity contribution in [2.45, 2.75) is 37.8 Å². The number of benzene rings is 1. The number of hydrogen-bond acceptors (Lipinski definition) is 2. The minimum atomic E-state index is -4.40. The molecule has 0 fully saturated rings. The number of allylic oxidation sites excluding steroid dienone is 4. The van der Waals surface area contributed by atoms with Gasteiger partial charge in [-0.3, -0.25) is 0 Å². The first kappa shape index (κ1) is 17.8. The first-order valence-electron chi connectivity index (χ1n) is 7.72. The first-order chi connectivity index (χ1) is 11.4. The number of alkyl halides is 3. The molecule has 0 aromatic heterocycles. The van der Waals surface area contributed by atoms with Crippen LogP contribution in [0.15, 0.2) is 48.6 Å². The Hall–Kier alpha value is -2.53. The molecule has 1 aromatic carbocycles. The van der Waals surface area contributed by atoms with Gasteiger partial charge in [-0.05, 0) is 43.4 Å². The Morgan fingerprint density at radius 3 is 2.04 bits per heavy atom. The Balaban J connectivity index is 2.44. The van der Waals surface area contributed by atoms with Crippen LogP contribution in [0.4, 0.5) is 13.2 Å². The zero-order valence-corrected chi connectivity index (χ0v) is 13.1. The van der Waals surface area contributed by atoms with Crippen LogP contribution >= 0.6 is 0 Å². The molecule has 1 aliphatic rings. The highest BCUT2D eigenvalue weighted by molar-refractivity contribution is 5.35. The number of rotatable bonds is 1. The highest BCUT2D eigenvalue weighted by atomic mass is 19.4. The van der Waals surface area contributed by atoms with Crippen LogP contribution in [0.2, 0.25) is 0 Å². The van der Waals surface area contributed by atoms with Crippen molar-refractivity contribution in [3.05, 3.63) is 59.7 Å². The molecule has 0 aliphatic heterocycles. The summed E-state index contributed by atoms with van der Waals surface area (Å²) in [5.41, 5.74) is -1.46. The van der Waals surface area contributed by atoms with Gasteiger partial charge in [-0.1, -0.05) is 36.4 Å². The molecule has 1 aromatic rings. The summed E-state index contributed by atoms with van der Waals surface area (Å²) in [7, 11) is 0. The SMILES string of the molecule is N#CC1(C#N)C/C=C/CC/C=C\CC1c1ccc(C(F)(F)F)cc1. The van der Waals surface area contributed by atoms with Gasteiger partial charge in [-0.15, -0.1) is 0 Å². The normalized spacial score (nSPS) is 23.5. The van der Waals surface area contributed by atoms with E-state index < -0.39 is 23.1 Å². The maximum atomic E-state index is 12.7. The van der Waals surface area contributed by atoms with Crippen molar-refractivity contribution in [2.75, 3.05) is 0 Å². The molecule has 0 N–H and O–H groups in total. The smallest absolute Gasteiger partial charge is 0.197 e. The van der Waals surface area contributed by atoms with Crippen molar-refractivity contribution in [1.29, 1.82) is 10.5 Å². The van der Waals surface area contributed by atoms with E-state index in [-0.39, 0.29) is 6.42 Å². The van der Waals surface area contributed by atoms with Gasteiger partial charge >= 0.3 is 6.18 Å². The average Bonchev–Trinajstić information content (AvgIpc) is 2.58. The molecule has 24 heavy (non-hydrogen) atoms. The van der Waals surface area contributed by atoms with Crippen molar-refractivity contribution in [2.24, 2.45) is 5.41 Å². The summed E-state index contributed by atoms with van der Waals surface area (Å²) in [5.74, 6) is -0.478. The van der Waals surface area contributed by atoms with E-state index in [2.05, 4.69) is 12.1 Å². The van der Waals surface area contributed by atoms with Crippen molar-refractivity contribution < 1.29 is 13.2 Å². The van der Waals surface area contributed by atoms with Gasteiger partial charge in [0.2, 0.25) is 0 Å². The minimum absolute atomic E-state index is 0.263. The van der Waals surface area contributed by atoms with Gasteiger partial charge in [0.05, 0.1) is 17.7 Å². The van der Waals surface area contributed by atoms with Gasteiger partial charge in [0.1, 0.15) is 0 Å². The lowest BCUT2D eigenvalue weighted by molar-refractivity contribution is -0.137. The zero-order chi connectivity index (χ0) is 17.6. The Labute approximate surface area is 139 Å². The Bertz CT molecular complexity index is 686. The van der Waals surface area contributed by atoms with Crippen molar-refractivity contribution in [1.82, 2.24) is 0 Å². The van der Waals surface area contributed by atoms with E-state index in [1.807, 2.05) is 24.3 Å². The molecule has 0 saturated heterocycles. The largest absolute Gasteiger partial charge is 0.416 e. The van der Waals surface area contributed by atoms with Crippen molar-refractivity contribution in [3.8, 4) is 12.1 Å². The van der Waals surface area contributed by atoms with Crippen LogP contribution in [0.3, 0.4) is 0 Å². The van der Waals surface area contributed by atoms with E-state index in [0.29, 0.717) is 12.0 Å². The number of hydrogen-bond donors (Lipinski definition) is 0. The summed E-state index contributed by atoms with van der Waals surface area (Å²) in [6.45, 7) is 0. The number of halogens is 3. The monoisotopic (exact) mass is 330 g/mol. The summed E-state index contributed by atoms with van der Waals surface area (Å²) >= 11 is 0. The summed E-state index contributed by atoms with van der Waals surface area (Å²) in [6, 6.07) is 8.98. The molecule has 1 atom stereocenters. The molecule has 0 amide bonds. The van der Waals surface area contributed by atoms with Crippen LogP contribution in [0, 0.1) is 28.1 Å². The van der Waals surface area contributed by atoms with Gasteiger partial charge in [0.25, 0.3) is 0 Å². The third-order valence-electron chi connectivity index (χ3n) is 4.28. The highest BCUT2D eigenvalue weighted by Gasteiger charge is 2.39. The third-order valence-corrected chi connectivity index (χ3v) is 4.28. The molecule has 0 radical (unpaired) electrons. The molecular weight excluding hydrogens is 313 g/mol. The second-order valence-electron chi connectivity index (χ2n) is 5.83. The van der Waals surface area contributed by atoms with Crippen molar-refractivity contribution >= 4 is 0 Å². The maximum Gasteiger partial charge on any atom is 0.416 e. The standard InChI is InChI=1S/C19H17F3N2/c20-19(21,22)16-10-8-15(9-11-16)17-7-5-3-1-2-4-6-12-18(17,13-23)14-24/h3-6,8-11,17H,1-2,7,12H2/b5-3-,6-4+. The van der Waals surface area contributed by atoms with E-state index in [9.17, 15) is 23.7 Å².